The van der Waals surface area contributed by atoms with Gasteiger partial charge in [0.15, 0.2) is 0 Å². The highest BCUT2D eigenvalue weighted by atomic mass is 16.3. The van der Waals surface area contributed by atoms with E-state index in [-0.39, 0.29) is 0 Å². The van der Waals surface area contributed by atoms with Crippen LogP contribution in [0.15, 0.2) is 18.2 Å². The summed E-state index contributed by atoms with van der Waals surface area (Å²) in [6.07, 6.45) is 2.47. The number of hydrogen-bond donors (Lipinski definition) is 1. The van der Waals surface area contributed by atoms with E-state index in [1.54, 1.807) is 6.07 Å². The van der Waals surface area contributed by atoms with Crippen LogP contribution in [0, 0.1) is 5.92 Å². The van der Waals surface area contributed by atoms with Crippen LogP contribution in [0.5, 0.6) is 5.75 Å². The van der Waals surface area contributed by atoms with Gasteiger partial charge in [0.1, 0.15) is 5.75 Å². The van der Waals surface area contributed by atoms with Gasteiger partial charge in [-0.05, 0) is 36.3 Å². The van der Waals surface area contributed by atoms with Gasteiger partial charge in [-0.15, -0.1) is 0 Å². The van der Waals surface area contributed by atoms with Crippen molar-refractivity contribution in [2.24, 2.45) is 0 Å². The molecule has 0 amide bonds. The van der Waals surface area contributed by atoms with Crippen molar-refractivity contribution in [3.05, 3.63) is 35.2 Å². The minimum atomic E-state index is 0.473. The number of rotatable bonds is 2. The summed E-state index contributed by atoms with van der Waals surface area (Å²) in [5, 5.41) is 9.74. The van der Waals surface area contributed by atoms with Gasteiger partial charge in [-0.3, -0.25) is 0 Å². The van der Waals surface area contributed by atoms with Crippen LogP contribution in [0.1, 0.15) is 43.7 Å². The lowest BCUT2D eigenvalue weighted by atomic mass is 9.94. The largest absolute Gasteiger partial charge is 0.508 e. The van der Waals surface area contributed by atoms with Crippen molar-refractivity contribution in [2.75, 3.05) is 0 Å². The molecule has 1 N–H and O–H groups in total. The Morgan fingerprint density at radius 1 is 1.31 bits per heavy atom. The van der Waals surface area contributed by atoms with Gasteiger partial charge >= 0.3 is 0 Å². The Morgan fingerprint density at radius 3 is 2.54 bits per heavy atom. The van der Waals surface area contributed by atoms with Crippen LogP contribution in [-0.2, 0) is 0 Å². The molecule has 0 heterocycles. The van der Waals surface area contributed by atoms with Crippen molar-refractivity contribution < 1.29 is 5.11 Å². The predicted molar refractivity (Wildman–Crippen MR) is 53.8 cm³/mol. The van der Waals surface area contributed by atoms with E-state index in [9.17, 15) is 5.11 Å². The number of hydrogen-bond acceptors (Lipinski definition) is 1. The van der Waals surface area contributed by atoms with Gasteiger partial charge in [-0.25, -0.2) is 0 Å². The Bertz CT molecular complexity index is 311. The van der Waals surface area contributed by atoms with E-state index in [1.165, 1.54) is 29.9 Å². The molecule has 0 atom stereocenters. The monoisotopic (exact) mass is 175 g/mol. The molecule has 0 saturated heterocycles. The van der Waals surface area contributed by atoms with Crippen LogP contribution in [-0.4, -0.2) is 5.11 Å². The maximum Gasteiger partial charge on any atom is 0.119 e. The zero-order valence-electron chi connectivity index (χ0n) is 8.17. The molecule has 2 rings (SSSR count). The summed E-state index contributed by atoms with van der Waals surface area (Å²) in [6, 6.07) is 5.81. The molecule has 1 aromatic carbocycles. The summed E-state index contributed by atoms with van der Waals surface area (Å²) < 4.78 is 0. The first-order valence-corrected chi connectivity index (χ1v) is 4.82. The van der Waals surface area contributed by atoms with Crippen molar-refractivity contribution >= 4 is 0 Å². The lowest BCUT2D eigenvalue weighted by Crippen LogP contribution is -1.95. The quantitative estimate of drug-likeness (QED) is 0.731. The van der Waals surface area contributed by atoms with Gasteiger partial charge < -0.3 is 5.11 Å². The fourth-order valence-electron chi connectivity index (χ4n) is 1.79. The van der Waals surface area contributed by atoms with E-state index >= 15 is 0 Å². The maximum absolute atomic E-state index is 9.74. The number of phenolic OH excluding ortho intramolecular Hbond substituents is 1. The van der Waals surface area contributed by atoms with Gasteiger partial charge in [0.05, 0.1) is 0 Å². The number of aromatic hydroxyl groups is 1. The highest BCUT2D eigenvalue weighted by molar-refractivity contribution is 5.49. The zero-order valence-corrected chi connectivity index (χ0v) is 8.17. The van der Waals surface area contributed by atoms with E-state index in [1.807, 2.05) is 6.07 Å². The van der Waals surface area contributed by atoms with Crippen LogP contribution in [0.3, 0.4) is 0 Å². The molecule has 1 aromatic rings. The molecule has 1 fully saturated rings. The average molecular weight is 175 g/mol. The summed E-state index contributed by atoms with van der Waals surface area (Å²) in [6.45, 7) is 4.20. The molecule has 0 unspecified atom stereocenters. The molecule has 69 valence electrons. The molecule has 0 spiro atoms. The minimum absolute atomic E-state index is 0.473. The van der Waals surface area contributed by atoms with E-state index in [0.717, 1.165) is 0 Å². The first-order chi connectivity index (χ1) is 6.20. The predicted octanol–water partition coefficient (Wildman–Crippen LogP) is 3.23. The van der Waals surface area contributed by atoms with E-state index in [0.29, 0.717) is 11.7 Å². The third kappa shape index (κ3) is 1.55. The molecule has 0 aromatic heterocycles. The zero-order chi connectivity index (χ0) is 9.42. The first-order valence-electron chi connectivity index (χ1n) is 4.82. The highest BCUT2D eigenvalue weighted by Crippen LogP contribution is 2.46. The second kappa shape index (κ2) is 3.06. The molecule has 13 heavy (non-hydrogen) atoms. The fourth-order valence-corrected chi connectivity index (χ4v) is 1.79. The molecule has 0 bridgehead atoms. The Balaban J connectivity index is 2.47. The van der Waals surface area contributed by atoms with E-state index in [4.69, 9.17) is 0 Å². The SMILES string of the molecule is C[C](C)c1cccc(O)c1C1CC1. The van der Waals surface area contributed by atoms with Crippen LogP contribution in [0.4, 0.5) is 0 Å². The summed E-state index contributed by atoms with van der Waals surface area (Å²) in [5.74, 6) is 2.38. The van der Waals surface area contributed by atoms with Crippen LogP contribution in [0.2, 0.25) is 0 Å². The lowest BCUT2D eigenvalue weighted by molar-refractivity contribution is 0.467. The topological polar surface area (TPSA) is 20.2 Å². The third-order valence-corrected chi connectivity index (χ3v) is 2.61. The van der Waals surface area contributed by atoms with Crippen LogP contribution < -0.4 is 0 Å². The highest BCUT2D eigenvalue weighted by Gasteiger charge is 2.29. The van der Waals surface area contributed by atoms with Crippen LogP contribution >= 0.6 is 0 Å². The second-order valence-electron chi connectivity index (χ2n) is 4.01. The Hall–Kier alpha value is -0.980. The molecular weight excluding hydrogens is 160 g/mol. The minimum Gasteiger partial charge on any atom is -0.508 e. The number of benzene rings is 1. The van der Waals surface area contributed by atoms with Crippen molar-refractivity contribution in [1.29, 1.82) is 0 Å². The molecule has 1 heteroatoms. The van der Waals surface area contributed by atoms with Crippen molar-refractivity contribution in [3.63, 3.8) is 0 Å². The van der Waals surface area contributed by atoms with Crippen molar-refractivity contribution in [1.82, 2.24) is 0 Å². The fraction of sp³-hybridized carbons (Fsp3) is 0.417. The van der Waals surface area contributed by atoms with E-state index < -0.39 is 0 Å². The summed E-state index contributed by atoms with van der Waals surface area (Å²) in [7, 11) is 0. The Kier molecular flexibility index (Phi) is 2.03. The summed E-state index contributed by atoms with van der Waals surface area (Å²) >= 11 is 0. The van der Waals surface area contributed by atoms with Gasteiger partial charge in [-0.1, -0.05) is 26.0 Å². The molecule has 1 nitrogen and oxygen atoms in total. The van der Waals surface area contributed by atoms with Crippen LogP contribution in [0.25, 0.3) is 0 Å². The van der Waals surface area contributed by atoms with Gasteiger partial charge in [0.2, 0.25) is 0 Å². The molecule has 1 aliphatic rings. The molecular formula is C12H15O. The molecule has 1 radical (unpaired) electrons. The molecule has 1 aliphatic carbocycles. The first kappa shape index (κ1) is 8.61. The summed E-state index contributed by atoms with van der Waals surface area (Å²) in [4.78, 5) is 0. The van der Waals surface area contributed by atoms with Gasteiger partial charge in [0.25, 0.3) is 0 Å². The van der Waals surface area contributed by atoms with Crippen molar-refractivity contribution in [3.8, 4) is 5.75 Å². The molecule has 1 saturated carbocycles. The van der Waals surface area contributed by atoms with E-state index in [2.05, 4.69) is 19.9 Å². The lowest BCUT2D eigenvalue weighted by Gasteiger charge is -2.12. The third-order valence-electron chi connectivity index (χ3n) is 2.61. The standard InChI is InChI=1S/C12H15O/c1-8(2)10-4-3-5-11(13)12(10)9-6-7-9/h3-5,9,13H,6-7H2,1-2H3. The average Bonchev–Trinajstić information content (AvgIpc) is 2.86. The Labute approximate surface area is 79.4 Å². The summed E-state index contributed by atoms with van der Waals surface area (Å²) in [5.41, 5.74) is 2.41. The van der Waals surface area contributed by atoms with Crippen molar-refractivity contribution in [2.45, 2.75) is 32.6 Å². The maximum atomic E-state index is 9.74. The normalized spacial score (nSPS) is 16.5. The van der Waals surface area contributed by atoms with Gasteiger partial charge in [0, 0.05) is 5.56 Å². The van der Waals surface area contributed by atoms with Gasteiger partial charge in [-0.2, -0.15) is 0 Å². The number of phenols is 1. The Morgan fingerprint density at radius 2 is 2.00 bits per heavy atom. The molecule has 0 aliphatic heterocycles. The second-order valence-corrected chi connectivity index (χ2v) is 4.01. The smallest absolute Gasteiger partial charge is 0.119 e.